The smallest absolute Gasteiger partial charge is 0.457 e. The molecule has 0 heterocycles. The molecule has 0 aliphatic rings. The Bertz CT molecular complexity index is 626. The first-order chi connectivity index (χ1) is 9.89. The van der Waals surface area contributed by atoms with E-state index in [0.29, 0.717) is 12.8 Å². The van der Waals surface area contributed by atoms with Crippen LogP contribution in [-0.4, -0.2) is 24.2 Å². The van der Waals surface area contributed by atoms with Crippen molar-refractivity contribution in [2.75, 3.05) is 7.05 Å². The van der Waals surface area contributed by atoms with Crippen molar-refractivity contribution in [3.8, 4) is 11.5 Å². The number of alkyl halides is 3. The number of halogens is 3. The summed E-state index contributed by atoms with van der Waals surface area (Å²) in [5, 5.41) is 0. The molecule has 0 saturated heterocycles. The zero-order valence-corrected chi connectivity index (χ0v) is 11.1. The molecule has 2 aromatic carbocycles. The SMILES string of the molecule is CN(C(=O)c1ccccc1Oc1ccccc1)C(F)(F)F. The molecule has 0 unspecified atom stereocenters. The number of carbonyl (C=O) groups excluding carboxylic acids is 1. The molecule has 21 heavy (non-hydrogen) atoms. The van der Waals surface area contributed by atoms with Crippen molar-refractivity contribution in [1.29, 1.82) is 0 Å². The Morgan fingerprint density at radius 2 is 1.57 bits per heavy atom. The minimum absolute atomic E-state index is 0.0739. The fourth-order valence-electron chi connectivity index (χ4n) is 1.64. The lowest BCUT2D eigenvalue weighted by molar-refractivity contribution is -0.216. The molecule has 0 N–H and O–H groups in total. The number of carbonyl (C=O) groups is 1. The standard InChI is InChI=1S/C15H12F3NO2/c1-19(15(16,17)18)14(20)12-9-5-6-10-13(12)21-11-7-3-2-4-8-11/h2-10H,1H3. The largest absolute Gasteiger partial charge is 0.487 e. The van der Waals surface area contributed by atoms with Crippen LogP contribution in [-0.2, 0) is 0 Å². The predicted octanol–water partition coefficient (Wildman–Crippen LogP) is 4.07. The fraction of sp³-hybridized carbons (Fsp3) is 0.133. The monoisotopic (exact) mass is 295 g/mol. The Morgan fingerprint density at radius 3 is 2.19 bits per heavy atom. The van der Waals surface area contributed by atoms with Gasteiger partial charge in [0, 0.05) is 7.05 Å². The number of hydrogen-bond acceptors (Lipinski definition) is 2. The van der Waals surface area contributed by atoms with Gasteiger partial charge in [0.15, 0.2) is 0 Å². The minimum atomic E-state index is -4.74. The van der Waals surface area contributed by atoms with Gasteiger partial charge < -0.3 is 4.74 Å². The molecule has 0 aliphatic carbocycles. The summed E-state index contributed by atoms with van der Waals surface area (Å²) in [5.41, 5.74) is -0.152. The molecule has 0 atom stereocenters. The van der Waals surface area contributed by atoms with Gasteiger partial charge in [0.25, 0.3) is 5.91 Å². The molecule has 0 aromatic heterocycles. The molecule has 0 radical (unpaired) electrons. The van der Waals surface area contributed by atoms with Crippen molar-refractivity contribution in [3.05, 3.63) is 60.2 Å². The third kappa shape index (κ3) is 3.53. The molecule has 0 spiro atoms. The normalized spacial score (nSPS) is 11.0. The molecule has 0 fully saturated rings. The van der Waals surface area contributed by atoms with Gasteiger partial charge in [-0.05, 0) is 24.3 Å². The van der Waals surface area contributed by atoms with E-state index >= 15 is 0 Å². The minimum Gasteiger partial charge on any atom is -0.457 e. The van der Waals surface area contributed by atoms with E-state index in [9.17, 15) is 18.0 Å². The molecule has 1 amide bonds. The lowest BCUT2D eigenvalue weighted by atomic mass is 10.2. The summed E-state index contributed by atoms with van der Waals surface area (Å²) in [4.78, 5) is 11.7. The second kappa shape index (κ2) is 5.87. The van der Waals surface area contributed by atoms with E-state index in [1.54, 1.807) is 36.4 Å². The van der Waals surface area contributed by atoms with Gasteiger partial charge in [0.2, 0.25) is 0 Å². The molecule has 3 nitrogen and oxygen atoms in total. The number of rotatable bonds is 3. The van der Waals surface area contributed by atoms with Gasteiger partial charge in [-0.25, -0.2) is 0 Å². The van der Waals surface area contributed by atoms with E-state index in [1.807, 2.05) is 0 Å². The second-order valence-corrected chi connectivity index (χ2v) is 4.24. The topological polar surface area (TPSA) is 29.5 Å². The number of amides is 1. The lowest BCUT2D eigenvalue weighted by Gasteiger charge is -2.21. The third-order valence-corrected chi connectivity index (χ3v) is 2.77. The van der Waals surface area contributed by atoms with Crippen LogP contribution in [0.4, 0.5) is 13.2 Å². The van der Waals surface area contributed by atoms with Crippen LogP contribution in [0.2, 0.25) is 0 Å². The highest BCUT2D eigenvalue weighted by Crippen LogP contribution is 2.28. The first-order valence-corrected chi connectivity index (χ1v) is 6.06. The Balaban J connectivity index is 2.31. The van der Waals surface area contributed by atoms with Crippen LogP contribution >= 0.6 is 0 Å². The number of nitrogens with zero attached hydrogens (tertiary/aromatic N) is 1. The van der Waals surface area contributed by atoms with Crippen LogP contribution in [0, 0.1) is 0 Å². The number of benzene rings is 2. The molecule has 110 valence electrons. The maximum atomic E-state index is 12.6. The number of hydrogen-bond donors (Lipinski definition) is 0. The van der Waals surface area contributed by atoms with Crippen LogP contribution in [0.3, 0.4) is 0 Å². The highest BCUT2D eigenvalue weighted by molar-refractivity contribution is 5.97. The van der Waals surface area contributed by atoms with E-state index in [4.69, 9.17) is 4.74 Å². The van der Waals surface area contributed by atoms with Gasteiger partial charge in [-0.3, -0.25) is 9.69 Å². The maximum Gasteiger partial charge on any atom is 0.487 e. The summed E-state index contributed by atoms with van der Waals surface area (Å²) in [6.07, 6.45) is -4.74. The summed E-state index contributed by atoms with van der Waals surface area (Å²) in [6, 6.07) is 14.3. The van der Waals surface area contributed by atoms with Gasteiger partial charge in [0.1, 0.15) is 11.5 Å². The lowest BCUT2D eigenvalue weighted by Crippen LogP contribution is -2.39. The molecule has 0 saturated carbocycles. The van der Waals surface area contributed by atoms with E-state index in [1.165, 1.54) is 18.2 Å². The maximum absolute atomic E-state index is 12.6. The Labute approximate surface area is 119 Å². The third-order valence-electron chi connectivity index (χ3n) is 2.77. The summed E-state index contributed by atoms with van der Waals surface area (Å²) in [6.45, 7) is 0. The Morgan fingerprint density at radius 1 is 1.00 bits per heavy atom. The van der Waals surface area contributed by atoms with Crippen molar-refractivity contribution >= 4 is 5.91 Å². The first kappa shape index (κ1) is 14.9. The van der Waals surface area contributed by atoms with Gasteiger partial charge in [-0.15, -0.1) is 13.2 Å². The van der Waals surface area contributed by atoms with Crippen molar-refractivity contribution in [2.24, 2.45) is 0 Å². The summed E-state index contributed by atoms with van der Waals surface area (Å²) < 4.78 is 43.3. The van der Waals surface area contributed by atoms with Crippen LogP contribution in [0.5, 0.6) is 11.5 Å². The number of para-hydroxylation sites is 2. The molecule has 2 aromatic rings. The Hall–Kier alpha value is -2.50. The van der Waals surface area contributed by atoms with E-state index in [-0.39, 0.29) is 16.2 Å². The highest BCUT2D eigenvalue weighted by Gasteiger charge is 2.39. The van der Waals surface area contributed by atoms with Gasteiger partial charge >= 0.3 is 6.30 Å². The van der Waals surface area contributed by atoms with E-state index in [2.05, 4.69) is 0 Å². The molecule has 2 rings (SSSR count). The number of ether oxygens (including phenoxy) is 1. The van der Waals surface area contributed by atoms with Crippen LogP contribution in [0.1, 0.15) is 10.4 Å². The fourth-order valence-corrected chi connectivity index (χ4v) is 1.64. The van der Waals surface area contributed by atoms with Crippen molar-refractivity contribution < 1.29 is 22.7 Å². The summed E-state index contributed by atoms with van der Waals surface area (Å²) >= 11 is 0. The highest BCUT2D eigenvalue weighted by atomic mass is 19.4. The average Bonchev–Trinajstić information content (AvgIpc) is 2.46. The molecular weight excluding hydrogens is 283 g/mol. The second-order valence-electron chi connectivity index (χ2n) is 4.24. The predicted molar refractivity (Wildman–Crippen MR) is 71.1 cm³/mol. The molecule has 0 bridgehead atoms. The van der Waals surface area contributed by atoms with Gasteiger partial charge in [-0.1, -0.05) is 30.3 Å². The molecule has 0 aliphatic heterocycles. The zero-order valence-electron chi connectivity index (χ0n) is 11.1. The average molecular weight is 295 g/mol. The van der Waals surface area contributed by atoms with E-state index in [0.717, 1.165) is 0 Å². The van der Waals surface area contributed by atoms with Crippen molar-refractivity contribution in [3.63, 3.8) is 0 Å². The van der Waals surface area contributed by atoms with Crippen LogP contribution < -0.4 is 4.74 Å². The Kier molecular flexibility index (Phi) is 4.16. The van der Waals surface area contributed by atoms with Crippen molar-refractivity contribution in [1.82, 2.24) is 4.90 Å². The summed E-state index contributed by atoms with van der Waals surface area (Å²) in [5.74, 6) is -0.661. The van der Waals surface area contributed by atoms with E-state index < -0.39 is 12.2 Å². The quantitative estimate of drug-likeness (QED) is 0.799. The first-order valence-electron chi connectivity index (χ1n) is 6.06. The zero-order chi connectivity index (χ0) is 15.5. The summed E-state index contributed by atoms with van der Waals surface area (Å²) in [7, 11) is 0.682. The van der Waals surface area contributed by atoms with Gasteiger partial charge in [-0.2, -0.15) is 0 Å². The van der Waals surface area contributed by atoms with Gasteiger partial charge in [0.05, 0.1) is 5.56 Å². The van der Waals surface area contributed by atoms with Crippen LogP contribution in [0.25, 0.3) is 0 Å². The molecular formula is C15H12F3NO2. The van der Waals surface area contributed by atoms with Crippen LogP contribution in [0.15, 0.2) is 54.6 Å². The molecule has 6 heteroatoms. The van der Waals surface area contributed by atoms with Crippen molar-refractivity contribution in [2.45, 2.75) is 6.30 Å².